The molecule has 172 valence electrons. The van der Waals surface area contributed by atoms with E-state index in [0.29, 0.717) is 32.2 Å². The second kappa shape index (κ2) is 11.5. The van der Waals surface area contributed by atoms with Gasteiger partial charge in [-0.1, -0.05) is 39.0 Å². The predicted molar refractivity (Wildman–Crippen MR) is 120 cm³/mol. The molecule has 1 aromatic heterocycles. The van der Waals surface area contributed by atoms with Crippen molar-refractivity contribution in [3.05, 3.63) is 33.7 Å². The molecule has 7 heteroatoms. The van der Waals surface area contributed by atoms with Crippen LogP contribution < -0.4 is 10.7 Å². The Bertz CT molecular complexity index is 812. The van der Waals surface area contributed by atoms with Crippen LogP contribution in [0.25, 0.3) is 0 Å². The predicted octanol–water partition coefficient (Wildman–Crippen LogP) is 3.21. The molecular weight excluding hydrogens is 394 g/mol. The molecule has 2 amide bonds. The molecule has 3 rings (SSSR count). The molecule has 1 aliphatic carbocycles. The van der Waals surface area contributed by atoms with Gasteiger partial charge in [-0.15, -0.1) is 0 Å². The largest absolute Gasteiger partial charge is 0.383 e. The van der Waals surface area contributed by atoms with E-state index in [1.54, 1.807) is 29.0 Å². The van der Waals surface area contributed by atoms with Crippen molar-refractivity contribution in [1.29, 1.82) is 0 Å². The Morgan fingerprint density at radius 3 is 2.39 bits per heavy atom. The third kappa shape index (κ3) is 6.42. The average molecular weight is 432 g/mol. The molecule has 2 heterocycles. The molecule has 0 radical (unpaired) electrons. The first kappa shape index (κ1) is 23.5. The highest BCUT2D eigenvalue weighted by Crippen LogP contribution is 2.19. The molecule has 31 heavy (non-hydrogen) atoms. The van der Waals surface area contributed by atoms with Crippen molar-refractivity contribution in [2.24, 2.45) is 5.92 Å². The van der Waals surface area contributed by atoms with E-state index in [4.69, 9.17) is 4.74 Å². The minimum absolute atomic E-state index is 0.0501. The molecule has 2 aliphatic rings. The van der Waals surface area contributed by atoms with Gasteiger partial charge in [-0.05, 0) is 31.6 Å². The van der Waals surface area contributed by atoms with Gasteiger partial charge in [-0.3, -0.25) is 14.4 Å². The first-order chi connectivity index (χ1) is 15.0. The van der Waals surface area contributed by atoms with Gasteiger partial charge in [-0.25, -0.2) is 0 Å². The summed E-state index contributed by atoms with van der Waals surface area (Å²) in [6.45, 7) is 4.32. The van der Waals surface area contributed by atoms with E-state index in [2.05, 4.69) is 12.2 Å². The quantitative estimate of drug-likeness (QED) is 0.750. The van der Waals surface area contributed by atoms with Crippen molar-refractivity contribution in [2.75, 3.05) is 26.8 Å². The summed E-state index contributed by atoms with van der Waals surface area (Å²) in [4.78, 5) is 41.2. The van der Waals surface area contributed by atoms with Crippen LogP contribution in [0.3, 0.4) is 0 Å². The molecule has 1 atom stereocenters. The fourth-order valence-corrected chi connectivity index (χ4v) is 4.68. The normalized spacial score (nSPS) is 20.7. The summed E-state index contributed by atoms with van der Waals surface area (Å²) in [5.41, 5.74) is -0.343. The Labute approximate surface area is 185 Å². The number of likely N-dealkylation sites (tertiary alicyclic amines) is 1. The molecule has 0 unspecified atom stereocenters. The summed E-state index contributed by atoms with van der Waals surface area (Å²) in [5, 5.41) is 3.07. The Kier molecular flexibility index (Phi) is 8.69. The fraction of sp³-hybridized carbons (Fsp3) is 0.708. The molecule has 2 fully saturated rings. The van der Waals surface area contributed by atoms with Crippen LogP contribution in [0, 0.1) is 5.92 Å². The lowest BCUT2D eigenvalue weighted by Crippen LogP contribution is -2.43. The zero-order chi connectivity index (χ0) is 22.2. The van der Waals surface area contributed by atoms with E-state index in [1.807, 2.05) is 0 Å². The van der Waals surface area contributed by atoms with E-state index in [-0.39, 0.29) is 29.0 Å². The lowest BCUT2D eigenvalue weighted by molar-refractivity contribution is 0.0680. The zero-order valence-electron chi connectivity index (χ0n) is 19.0. The molecule has 1 saturated carbocycles. The monoisotopic (exact) mass is 431 g/mol. The fourth-order valence-electron chi connectivity index (χ4n) is 4.68. The van der Waals surface area contributed by atoms with E-state index >= 15 is 0 Å². The van der Waals surface area contributed by atoms with Crippen molar-refractivity contribution < 1.29 is 14.3 Å². The number of pyridine rings is 1. The van der Waals surface area contributed by atoms with Gasteiger partial charge < -0.3 is 19.5 Å². The van der Waals surface area contributed by atoms with Gasteiger partial charge in [0.25, 0.3) is 11.8 Å². The molecule has 1 aromatic rings. The van der Waals surface area contributed by atoms with E-state index in [9.17, 15) is 14.4 Å². The molecule has 0 spiro atoms. The summed E-state index contributed by atoms with van der Waals surface area (Å²) in [7, 11) is 1.60. The number of amides is 2. The number of hydrogen-bond acceptors (Lipinski definition) is 4. The summed E-state index contributed by atoms with van der Waals surface area (Å²) in [5.74, 6) is -0.231. The molecule has 1 aliphatic heterocycles. The average Bonchev–Trinajstić information content (AvgIpc) is 2.74. The Morgan fingerprint density at radius 2 is 1.71 bits per heavy atom. The SMILES string of the molecule is COCCn1cc(C(=O)NC2CCCCCCC2)c(=O)c(C(=O)N2CCC[C@H](C)C2)c1. The van der Waals surface area contributed by atoms with Crippen LogP contribution in [0.2, 0.25) is 0 Å². The molecule has 0 bridgehead atoms. The molecule has 7 nitrogen and oxygen atoms in total. The third-order valence-corrected chi connectivity index (χ3v) is 6.49. The highest BCUT2D eigenvalue weighted by molar-refractivity contribution is 5.99. The van der Waals surface area contributed by atoms with Crippen molar-refractivity contribution >= 4 is 11.8 Å². The van der Waals surface area contributed by atoms with Crippen LogP contribution in [0.15, 0.2) is 17.2 Å². The highest BCUT2D eigenvalue weighted by atomic mass is 16.5. The van der Waals surface area contributed by atoms with Gasteiger partial charge in [0.1, 0.15) is 11.1 Å². The van der Waals surface area contributed by atoms with Crippen LogP contribution >= 0.6 is 0 Å². The van der Waals surface area contributed by atoms with Crippen molar-refractivity contribution in [1.82, 2.24) is 14.8 Å². The first-order valence-electron chi connectivity index (χ1n) is 11.8. The van der Waals surface area contributed by atoms with Gasteiger partial charge in [0.15, 0.2) is 0 Å². The minimum Gasteiger partial charge on any atom is -0.383 e. The number of methoxy groups -OCH3 is 1. The first-order valence-corrected chi connectivity index (χ1v) is 11.8. The van der Waals surface area contributed by atoms with Gasteiger partial charge in [-0.2, -0.15) is 0 Å². The number of piperidine rings is 1. The summed E-state index contributed by atoms with van der Waals surface area (Å²) >= 11 is 0. The van der Waals surface area contributed by atoms with Gasteiger partial charge in [0.05, 0.1) is 6.61 Å². The van der Waals surface area contributed by atoms with Crippen LogP contribution in [-0.2, 0) is 11.3 Å². The van der Waals surface area contributed by atoms with Crippen molar-refractivity contribution in [3.8, 4) is 0 Å². The molecule has 1 N–H and O–H groups in total. The Morgan fingerprint density at radius 1 is 1.03 bits per heavy atom. The van der Waals surface area contributed by atoms with E-state index in [1.165, 1.54) is 19.3 Å². The van der Waals surface area contributed by atoms with Crippen LogP contribution in [0.1, 0.15) is 85.4 Å². The van der Waals surface area contributed by atoms with Crippen molar-refractivity contribution in [3.63, 3.8) is 0 Å². The summed E-state index contributed by atoms with van der Waals surface area (Å²) < 4.78 is 6.89. The topological polar surface area (TPSA) is 80.6 Å². The maximum atomic E-state index is 13.2. The Hall–Kier alpha value is -2.15. The second-order valence-corrected chi connectivity index (χ2v) is 9.16. The Balaban J connectivity index is 1.85. The lowest BCUT2D eigenvalue weighted by atomic mass is 9.96. The molecule has 0 aromatic carbocycles. The summed E-state index contributed by atoms with van der Waals surface area (Å²) in [6, 6.07) is 0.0851. The highest BCUT2D eigenvalue weighted by Gasteiger charge is 2.27. The number of carbonyl (C=O) groups is 2. The maximum Gasteiger partial charge on any atom is 0.259 e. The number of nitrogens with one attached hydrogen (secondary N) is 1. The van der Waals surface area contributed by atoms with E-state index < -0.39 is 5.43 Å². The lowest BCUT2D eigenvalue weighted by Gasteiger charge is -2.31. The minimum atomic E-state index is -0.472. The zero-order valence-corrected chi connectivity index (χ0v) is 19.0. The standard InChI is InChI=1S/C24H37N3O4/c1-18-9-8-12-27(15-18)24(30)21-17-26(13-14-31-2)16-20(22(21)28)23(29)25-19-10-6-4-3-5-7-11-19/h16-19H,3-15H2,1-2H3,(H,25,29)/t18-/m0/s1. The maximum absolute atomic E-state index is 13.2. The van der Waals surface area contributed by atoms with Crippen molar-refractivity contribution in [2.45, 2.75) is 77.3 Å². The third-order valence-electron chi connectivity index (χ3n) is 6.49. The number of rotatable bonds is 6. The van der Waals surface area contributed by atoms with Crippen LogP contribution in [0.4, 0.5) is 0 Å². The number of hydrogen-bond donors (Lipinski definition) is 1. The molecule has 1 saturated heterocycles. The second-order valence-electron chi connectivity index (χ2n) is 9.16. The molecular formula is C24H37N3O4. The van der Waals surface area contributed by atoms with Gasteiger partial charge >= 0.3 is 0 Å². The summed E-state index contributed by atoms with van der Waals surface area (Å²) in [6.07, 6.45) is 12.9. The number of ether oxygens (including phenoxy) is 1. The van der Waals surface area contributed by atoms with E-state index in [0.717, 1.165) is 38.5 Å². The number of aromatic nitrogens is 1. The van der Waals surface area contributed by atoms with Crippen LogP contribution in [0.5, 0.6) is 0 Å². The smallest absolute Gasteiger partial charge is 0.259 e. The van der Waals surface area contributed by atoms with Gasteiger partial charge in [0, 0.05) is 45.2 Å². The van der Waals surface area contributed by atoms with Crippen LogP contribution in [-0.4, -0.2) is 54.1 Å². The number of nitrogens with zero attached hydrogens (tertiary/aromatic N) is 2. The van der Waals surface area contributed by atoms with Gasteiger partial charge in [0.2, 0.25) is 5.43 Å². The number of carbonyl (C=O) groups excluding carboxylic acids is 2.